The van der Waals surface area contributed by atoms with Crippen molar-refractivity contribution < 1.29 is 0 Å². The molecule has 0 saturated carbocycles. The third kappa shape index (κ3) is 41.8. The van der Waals surface area contributed by atoms with Gasteiger partial charge in [-0.2, -0.15) is 0 Å². The van der Waals surface area contributed by atoms with Gasteiger partial charge in [-0.3, -0.25) is 14.7 Å². The summed E-state index contributed by atoms with van der Waals surface area (Å²) in [5.74, 6) is 0. The largest absolute Gasteiger partial charge is 0.329 e. The molecule has 0 aromatic carbocycles. The first-order chi connectivity index (χ1) is 30.0. The first kappa shape index (κ1) is 60.3. The molecule has 368 valence electrons. The lowest BCUT2D eigenvalue weighted by atomic mass is 10.1. The molecule has 17 nitrogen and oxygen atoms in total. The van der Waals surface area contributed by atoms with Gasteiger partial charge in [0.1, 0.15) is 0 Å². The van der Waals surface area contributed by atoms with Crippen molar-refractivity contribution in [2.24, 2.45) is 28.7 Å². The summed E-state index contributed by atoms with van der Waals surface area (Å²) in [6, 6.07) is 0. The molecule has 16 N–H and O–H groups in total. The Bertz CT molecular complexity index is 829. The van der Waals surface area contributed by atoms with E-state index in [4.69, 9.17) is 28.7 Å². The van der Waals surface area contributed by atoms with Crippen molar-refractivity contribution >= 4 is 0 Å². The van der Waals surface area contributed by atoms with Crippen LogP contribution in [0, 0.1) is 0 Å². The first-order valence-electron chi connectivity index (χ1n) is 24.9. The fourth-order valence-electron chi connectivity index (χ4n) is 7.64. The van der Waals surface area contributed by atoms with Gasteiger partial charge in [0.05, 0.1) is 0 Å². The van der Waals surface area contributed by atoms with Crippen molar-refractivity contribution in [2.75, 3.05) is 231 Å². The molecule has 0 aliphatic rings. The minimum absolute atomic E-state index is 0.670. The molecule has 0 aliphatic carbocycles. The Labute approximate surface area is 377 Å². The zero-order valence-corrected chi connectivity index (χ0v) is 40.6. The van der Waals surface area contributed by atoms with E-state index in [0.717, 1.165) is 164 Å². The number of nitrogens with two attached hydrogens (primary N) is 5. The molecule has 61 heavy (non-hydrogen) atoms. The van der Waals surface area contributed by atoms with Gasteiger partial charge in [0.25, 0.3) is 0 Å². The number of nitrogens with zero attached hydrogens (tertiary/aromatic N) is 6. The predicted octanol–water partition coefficient (Wildman–Crippen LogP) is -2.47. The van der Waals surface area contributed by atoms with Crippen molar-refractivity contribution in [2.45, 2.75) is 57.8 Å². The number of likely N-dealkylation sites (N-methyl/N-ethyl adjacent to an activating group) is 2. The summed E-state index contributed by atoms with van der Waals surface area (Å²) in [5, 5.41) is 21.3. The van der Waals surface area contributed by atoms with Crippen LogP contribution in [0.5, 0.6) is 0 Å². The van der Waals surface area contributed by atoms with Gasteiger partial charge < -0.3 is 75.3 Å². The minimum Gasteiger partial charge on any atom is -0.329 e. The van der Waals surface area contributed by atoms with E-state index in [2.05, 4.69) is 68.3 Å². The van der Waals surface area contributed by atoms with Crippen LogP contribution in [0.15, 0.2) is 0 Å². The van der Waals surface area contributed by atoms with Crippen LogP contribution >= 0.6 is 0 Å². The Balaban J connectivity index is 5.03. The summed E-state index contributed by atoms with van der Waals surface area (Å²) in [6.07, 6.45) is 11.4. The molecule has 0 aromatic rings. The van der Waals surface area contributed by atoms with E-state index in [1.807, 2.05) is 14.1 Å². The van der Waals surface area contributed by atoms with Crippen LogP contribution in [-0.4, -0.2) is 260 Å². The molecule has 0 rings (SSSR count). The minimum atomic E-state index is 0.670. The summed E-state index contributed by atoms with van der Waals surface area (Å²) in [4.78, 5) is 15.1. The molecule has 0 saturated heterocycles. The van der Waals surface area contributed by atoms with Crippen molar-refractivity contribution in [1.29, 1.82) is 0 Å². The van der Waals surface area contributed by atoms with E-state index in [1.165, 1.54) is 84.0 Å². The van der Waals surface area contributed by atoms with Gasteiger partial charge >= 0.3 is 0 Å². The topological polar surface area (TPSA) is 222 Å². The molecule has 0 aliphatic heterocycles. The maximum absolute atomic E-state index is 5.97. The highest BCUT2D eigenvalue weighted by molar-refractivity contribution is 4.70. The molecular formula is C44H107N17. The summed E-state index contributed by atoms with van der Waals surface area (Å²) in [5.41, 5.74) is 29.1. The van der Waals surface area contributed by atoms with E-state index < -0.39 is 0 Å². The Morgan fingerprint density at radius 1 is 0.262 bits per heavy atom. The molecule has 0 aromatic heterocycles. The normalized spacial score (nSPS) is 12.3. The molecule has 17 heteroatoms. The van der Waals surface area contributed by atoms with Gasteiger partial charge in [-0.25, -0.2) is 0 Å². The number of rotatable bonds is 52. The van der Waals surface area contributed by atoms with Gasteiger partial charge in [0, 0.05) is 170 Å². The van der Waals surface area contributed by atoms with E-state index in [-0.39, 0.29) is 0 Å². The third-order valence-electron chi connectivity index (χ3n) is 11.4. The zero-order valence-electron chi connectivity index (χ0n) is 40.6. The van der Waals surface area contributed by atoms with Crippen LogP contribution < -0.4 is 60.6 Å². The SMILES string of the molecule is CNCCCCCN(CCN)CCCCCN(CCCCCN(C)CCN)CCNCCN(CCNCCN(CCN)CCN)CCNCCN(CCNC)CCNCCN. The summed E-state index contributed by atoms with van der Waals surface area (Å²) in [7, 11) is 6.25. The van der Waals surface area contributed by atoms with Crippen LogP contribution in [0.25, 0.3) is 0 Å². The fourth-order valence-corrected chi connectivity index (χ4v) is 7.64. The third-order valence-corrected chi connectivity index (χ3v) is 11.4. The molecule has 0 unspecified atom stereocenters. The highest BCUT2D eigenvalue weighted by Gasteiger charge is 2.10. The Morgan fingerprint density at radius 3 is 0.918 bits per heavy atom. The molecule has 0 bridgehead atoms. The number of hydrogen-bond donors (Lipinski definition) is 11. The van der Waals surface area contributed by atoms with Gasteiger partial charge in [-0.15, -0.1) is 0 Å². The molecule has 0 amide bonds. The summed E-state index contributed by atoms with van der Waals surface area (Å²) in [6.45, 7) is 31.4. The van der Waals surface area contributed by atoms with Gasteiger partial charge in [-0.1, -0.05) is 19.3 Å². The van der Waals surface area contributed by atoms with Crippen LogP contribution in [0.1, 0.15) is 57.8 Å². The lowest BCUT2D eigenvalue weighted by Gasteiger charge is -2.26. The van der Waals surface area contributed by atoms with E-state index in [0.29, 0.717) is 19.6 Å². The second-order valence-corrected chi connectivity index (χ2v) is 16.8. The smallest absolute Gasteiger partial charge is 0.0108 e. The lowest BCUT2D eigenvalue weighted by molar-refractivity contribution is 0.238. The van der Waals surface area contributed by atoms with Crippen molar-refractivity contribution in [3.8, 4) is 0 Å². The summed E-state index contributed by atoms with van der Waals surface area (Å²) >= 11 is 0. The average molecular weight is 874 g/mol. The van der Waals surface area contributed by atoms with Crippen molar-refractivity contribution in [3.63, 3.8) is 0 Å². The zero-order chi connectivity index (χ0) is 44.7. The average Bonchev–Trinajstić information content (AvgIpc) is 3.25. The number of unbranched alkanes of at least 4 members (excludes halogenated alkanes) is 6. The van der Waals surface area contributed by atoms with Crippen LogP contribution in [0.3, 0.4) is 0 Å². The van der Waals surface area contributed by atoms with Crippen LogP contribution in [0.4, 0.5) is 0 Å². The van der Waals surface area contributed by atoms with Gasteiger partial charge in [0.15, 0.2) is 0 Å². The maximum Gasteiger partial charge on any atom is 0.0108 e. The molecule has 0 atom stereocenters. The molecule has 0 radical (unpaired) electrons. The fraction of sp³-hybridized carbons (Fsp3) is 1.00. The second kappa shape index (κ2) is 48.8. The van der Waals surface area contributed by atoms with E-state index in [1.54, 1.807) is 0 Å². The molecule has 0 heterocycles. The summed E-state index contributed by atoms with van der Waals surface area (Å²) < 4.78 is 0. The quantitative estimate of drug-likeness (QED) is 0.0285. The Morgan fingerprint density at radius 2 is 0.557 bits per heavy atom. The van der Waals surface area contributed by atoms with Crippen LogP contribution in [0.2, 0.25) is 0 Å². The van der Waals surface area contributed by atoms with Crippen molar-refractivity contribution in [3.05, 3.63) is 0 Å². The van der Waals surface area contributed by atoms with E-state index in [9.17, 15) is 0 Å². The maximum atomic E-state index is 5.97. The van der Waals surface area contributed by atoms with Crippen LogP contribution in [-0.2, 0) is 0 Å². The first-order valence-corrected chi connectivity index (χ1v) is 24.9. The monoisotopic (exact) mass is 874 g/mol. The molecule has 0 spiro atoms. The molecular weight excluding hydrogens is 767 g/mol. The molecule has 0 fully saturated rings. The van der Waals surface area contributed by atoms with Gasteiger partial charge in [-0.05, 0) is 98.9 Å². The lowest BCUT2D eigenvalue weighted by Crippen LogP contribution is -2.44. The Kier molecular flexibility index (Phi) is 48.2. The standard InChI is InChI=1S/C44H107N17/c1-50-18-7-4-9-29-57(34-15-47)30-11-6-12-32-58(31-10-5-8-28-56(3)33-14-46)38-22-53-25-42-61(43-26-54-23-39-59(35-16-48)36-17-49)44-27-55-24-41-60(37-20-51-2)40-21-52-19-13-45/h50-55H,4-49H2,1-3H3. The van der Waals surface area contributed by atoms with Crippen molar-refractivity contribution in [1.82, 2.24) is 61.3 Å². The highest BCUT2D eigenvalue weighted by atomic mass is 15.2. The highest BCUT2D eigenvalue weighted by Crippen LogP contribution is 2.06. The second-order valence-electron chi connectivity index (χ2n) is 16.8. The Hall–Kier alpha value is -0.680. The number of nitrogens with one attached hydrogen (secondary N) is 6. The number of hydrogen-bond acceptors (Lipinski definition) is 17. The van der Waals surface area contributed by atoms with E-state index >= 15 is 0 Å². The predicted molar refractivity (Wildman–Crippen MR) is 266 cm³/mol. The van der Waals surface area contributed by atoms with Gasteiger partial charge in [0.2, 0.25) is 0 Å².